The number of aliphatic hydroxyl groups excluding tert-OH is 1. The van der Waals surface area contributed by atoms with Crippen molar-refractivity contribution >= 4 is 0 Å². The summed E-state index contributed by atoms with van der Waals surface area (Å²) in [5.74, 6) is 1.43. The van der Waals surface area contributed by atoms with Crippen molar-refractivity contribution in [3.8, 4) is 0 Å². The van der Waals surface area contributed by atoms with Gasteiger partial charge in [-0.15, -0.1) is 0 Å². The molecule has 0 aromatic heterocycles. The average Bonchev–Trinajstić information content (AvgIpc) is 3.00. The third kappa shape index (κ3) is 3.52. The quantitative estimate of drug-likeness (QED) is 0.740. The fourth-order valence-electron chi connectivity index (χ4n) is 4.57. The van der Waals surface area contributed by atoms with Crippen molar-refractivity contribution in [2.45, 2.75) is 89.8 Å². The molecular weight excluding hydrogens is 234 g/mol. The lowest BCUT2D eigenvalue weighted by atomic mass is 9.85. The van der Waals surface area contributed by atoms with Crippen molar-refractivity contribution in [2.24, 2.45) is 17.3 Å². The molecule has 0 heterocycles. The Balaban J connectivity index is 1.39. The van der Waals surface area contributed by atoms with Crippen molar-refractivity contribution in [1.29, 1.82) is 0 Å². The van der Waals surface area contributed by atoms with Gasteiger partial charge in [-0.05, 0) is 62.7 Å². The third-order valence-electron chi connectivity index (χ3n) is 6.01. The molecule has 0 aromatic rings. The highest BCUT2D eigenvalue weighted by Gasteiger charge is 2.49. The van der Waals surface area contributed by atoms with Crippen LogP contribution in [0.25, 0.3) is 0 Å². The molecule has 2 heteroatoms. The van der Waals surface area contributed by atoms with Gasteiger partial charge in [0.1, 0.15) is 6.23 Å². The zero-order valence-electron chi connectivity index (χ0n) is 12.5. The van der Waals surface area contributed by atoms with Gasteiger partial charge in [-0.3, -0.25) is 5.32 Å². The Bertz CT molecular complexity index is 294. The van der Waals surface area contributed by atoms with Crippen LogP contribution >= 0.6 is 0 Å². The van der Waals surface area contributed by atoms with Gasteiger partial charge in [0.25, 0.3) is 0 Å². The topological polar surface area (TPSA) is 32.3 Å². The Hall–Kier alpha value is -0.0800. The van der Waals surface area contributed by atoms with E-state index in [1.165, 1.54) is 70.6 Å². The van der Waals surface area contributed by atoms with E-state index in [9.17, 15) is 5.11 Å². The van der Waals surface area contributed by atoms with Crippen LogP contribution < -0.4 is 5.32 Å². The summed E-state index contributed by atoms with van der Waals surface area (Å²) < 4.78 is 0. The molecule has 2 nitrogen and oxygen atoms in total. The van der Waals surface area contributed by atoms with Crippen LogP contribution in [0.15, 0.2) is 0 Å². The summed E-state index contributed by atoms with van der Waals surface area (Å²) in [6.07, 6.45) is 14.8. The molecule has 2 N–H and O–H groups in total. The highest BCUT2D eigenvalue weighted by atomic mass is 16.3. The largest absolute Gasteiger partial charge is 0.378 e. The average molecular weight is 265 g/mol. The van der Waals surface area contributed by atoms with Gasteiger partial charge in [0, 0.05) is 6.04 Å². The molecule has 110 valence electrons. The molecule has 19 heavy (non-hydrogen) atoms. The van der Waals surface area contributed by atoms with Gasteiger partial charge in [0.05, 0.1) is 0 Å². The number of aliphatic hydroxyl groups is 1. The van der Waals surface area contributed by atoms with E-state index in [1.54, 1.807) is 0 Å². The second-order valence-corrected chi connectivity index (χ2v) is 7.76. The molecule has 3 fully saturated rings. The highest BCUT2D eigenvalue weighted by Crippen LogP contribution is 2.59. The van der Waals surface area contributed by atoms with E-state index < -0.39 is 0 Å². The summed E-state index contributed by atoms with van der Waals surface area (Å²) in [5.41, 5.74) is 0.680. The molecular formula is C17H31NO. The van der Waals surface area contributed by atoms with Crippen LogP contribution in [0.1, 0.15) is 77.6 Å². The fraction of sp³-hybridized carbons (Fsp3) is 1.00. The number of hydrogen-bond acceptors (Lipinski definition) is 2. The molecule has 3 atom stereocenters. The summed E-state index contributed by atoms with van der Waals surface area (Å²) in [6, 6.07) is 0.480. The first-order valence-corrected chi connectivity index (χ1v) is 8.61. The van der Waals surface area contributed by atoms with Gasteiger partial charge >= 0.3 is 0 Å². The van der Waals surface area contributed by atoms with Crippen LogP contribution in [0.2, 0.25) is 0 Å². The normalized spacial score (nSPS) is 33.5. The molecule has 1 spiro atoms. The molecule has 0 radical (unpaired) electrons. The number of rotatable bonds is 5. The van der Waals surface area contributed by atoms with Gasteiger partial charge in [-0.25, -0.2) is 0 Å². The zero-order chi connectivity index (χ0) is 13.3. The summed E-state index contributed by atoms with van der Waals surface area (Å²) in [7, 11) is 0. The molecule has 3 saturated carbocycles. The lowest BCUT2D eigenvalue weighted by Crippen LogP contribution is -2.41. The van der Waals surface area contributed by atoms with Crippen molar-refractivity contribution in [1.82, 2.24) is 5.32 Å². The molecule has 0 aromatic carbocycles. The lowest BCUT2D eigenvalue weighted by Gasteiger charge is -2.28. The van der Waals surface area contributed by atoms with Gasteiger partial charge in [-0.1, -0.05) is 32.1 Å². The molecule has 3 rings (SSSR count). The van der Waals surface area contributed by atoms with Crippen LogP contribution in [-0.2, 0) is 0 Å². The van der Waals surface area contributed by atoms with Crippen LogP contribution in [0.4, 0.5) is 0 Å². The predicted molar refractivity (Wildman–Crippen MR) is 78.8 cm³/mol. The molecule has 3 aliphatic rings. The second-order valence-electron chi connectivity index (χ2n) is 7.76. The summed E-state index contributed by atoms with van der Waals surface area (Å²) in [6.45, 7) is 2.26. The van der Waals surface area contributed by atoms with Crippen molar-refractivity contribution in [3.63, 3.8) is 0 Å². The molecule has 3 aliphatic carbocycles. The minimum Gasteiger partial charge on any atom is -0.378 e. The Morgan fingerprint density at radius 1 is 1.11 bits per heavy atom. The van der Waals surface area contributed by atoms with Crippen molar-refractivity contribution in [3.05, 3.63) is 0 Å². The zero-order valence-corrected chi connectivity index (χ0v) is 12.5. The molecule has 0 saturated heterocycles. The van der Waals surface area contributed by atoms with E-state index in [4.69, 9.17) is 0 Å². The first-order chi connectivity index (χ1) is 9.17. The van der Waals surface area contributed by atoms with Crippen LogP contribution in [0, 0.1) is 17.3 Å². The Morgan fingerprint density at radius 2 is 1.84 bits per heavy atom. The van der Waals surface area contributed by atoms with Crippen LogP contribution in [0.5, 0.6) is 0 Å². The molecule has 0 amide bonds. The standard InChI is InChI=1S/C17H31NO/c1-13(11-14-5-3-2-4-6-14)18-16(19)15-7-8-17(12-15)9-10-17/h13-16,18-19H,2-12H2,1H3/t13-,15?,16?/m1/s1. The van der Waals surface area contributed by atoms with E-state index in [2.05, 4.69) is 12.2 Å². The van der Waals surface area contributed by atoms with Crippen molar-refractivity contribution < 1.29 is 5.11 Å². The second kappa shape index (κ2) is 5.73. The summed E-state index contributed by atoms with van der Waals surface area (Å²) in [5, 5.41) is 13.9. The van der Waals surface area contributed by atoms with Crippen LogP contribution in [-0.4, -0.2) is 17.4 Å². The van der Waals surface area contributed by atoms with E-state index in [1.807, 2.05) is 0 Å². The van der Waals surface area contributed by atoms with E-state index in [0.29, 0.717) is 17.4 Å². The third-order valence-corrected chi connectivity index (χ3v) is 6.01. The van der Waals surface area contributed by atoms with Gasteiger partial charge in [-0.2, -0.15) is 0 Å². The van der Waals surface area contributed by atoms with E-state index in [0.717, 1.165) is 5.92 Å². The Kier molecular flexibility index (Phi) is 4.19. The lowest BCUT2D eigenvalue weighted by molar-refractivity contribution is 0.0604. The van der Waals surface area contributed by atoms with E-state index in [-0.39, 0.29) is 6.23 Å². The van der Waals surface area contributed by atoms with Gasteiger partial charge in [0.15, 0.2) is 0 Å². The number of hydrogen-bond donors (Lipinski definition) is 2. The van der Waals surface area contributed by atoms with Crippen LogP contribution in [0.3, 0.4) is 0 Å². The van der Waals surface area contributed by atoms with Gasteiger partial charge < -0.3 is 5.11 Å². The maximum atomic E-state index is 10.4. The van der Waals surface area contributed by atoms with Crippen molar-refractivity contribution in [2.75, 3.05) is 0 Å². The summed E-state index contributed by atoms with van der Waals surface area (Å²) >= 11 is 0. The first-order valence-electron chi connectivity index (χ1n) is 8.61. The maximum absolute atomic E-state index is 10.4. The molecule has 0 aliphatic heterocycles. The first kappa shape index (κ1) is 13.9. The fourth-order valence-corrected chi connectivity index (χ4v) is 4.57. The SMILES string of the molecule is C[C@H](CC1CCCCC1)NC(O)C1CCC2(CC2)C1. The highest BCUT2D eigenvalue weighted by molar-refractivity contribution is 5.00. The monoisotopic (exact) mass is 265 g/mol. The Labute approximate surface area is 118 Å². The summed E-state index contributed by atoms with van der Waals surface area (Å²) in [4.78, 5) is 0. The minimum atomic E-state index is -0.251. The van der Waals surface area contributed by atoms with Gasteiger partial charge in [0.2, 0.25) is 0 Å². The Morgan fingerprint density at radius 3 is 2.47 bits per heavy atom. The molecule has 2 unspecified atom stereocenters. The smallest absolute Gasteiger partial charge is 0.107 e. The minimum absolute atomic E-state index is 0.251. The predicted octanol–water partition coefficient (Wildman–Crippen LogP) is 3.83. The maximum Gasteiger partial charge on any atom is 0.107 e. The molecule has 0 bridgehead atoms. The van der Waals surface area contributed by atoms with E-state index >= 15 is 0 Å². The number of nitrogens with one attached hydrogen (secondary N) is 1.